The van der Waals surface area contributed by atoms with E-state index in [1.54, 1.807) is 0 Å². The van der Waals surface area contributed by atoms with Gasteiger partial charge in [0.1, 0.15) is 5.82 Å². The first kappa shape index (κ1) is 14.5. The van der Waals surface area contributed by atoms with Crippen molar-refractivity contribution in [3.8, 4) is 11.4 Å². The van der Waals surface area contributed by atoms with Crippen molar-refractivity contribution in [1.29, 1.82) is 0 Å². The number of aryl methyl sites for hydroxylation is 1. The third kappa shape index (κ3) is 2.80. The Kier molecular flexibility index (Phi) is 3.71. The van der Waals surface area contributed by atoms with E-state index in [-0.39, 0.29) is 0 Å². The van der Waals surface area contributed by atoms with Gasteiger partial charge in [-0.2, -0.15) is 0 Å². The number of imidazole rings is 1. The molecular weight excluding hydrogens is 310 g/mol. The number of nitrogens with one attached hydrogen (secondary N) is 1. The molecule has 2 heterocycles. The molecule has 1 aliphatic heterocycles. The van der Waals surface area contributed by atoms with Gasteiger partial charge >= 0.3 is 0 Å². The van der Waals surface area contributed by atoms with Crippen LogP contribution in [0.5, 0.6) is 0 Å². The maximum Gasteiger partial charge on any atom is 0.138 e. The molecule has 1 aromatic heterocycles. The van der Waals surface area contributed by atoms with Crippen molar-refractivity contribution < 1.29 is 4.74 Å². The summed E-state index contributed by atoms with van der Waals surface area (Å²) >= 11 is 6.06. The first-order chi connectivity index (χ1) is 11.2. The van der Waals surface area contributed by atoms with Crippen molar-refractivity contribution in [3.05, 3.63) is 47.0 Å². The summed E-state index contributed by atoms with van der Waals surface area (Å²) in [5, 5.41) is 0.714. The molecule has 118 valence electrons. The Labute approximate surface area is 140 Å². The van der Waals surface area contributed by atoms with Crippen LogP contribution in [0.3, 0.4) is 0 Å². The van der Waals surface area contributed by atoms with Crippen LogP contribution in [0, 0.1) is 6.92 Å². The zero-order valence-corrected chi connectivity index (χ0v) is 13.7. The first-order valence-electron chi connectivity index (χ1n) is 7.80. The van der Waals surface area contributed by atoms with E-state index in [1.807, 2.05) is 18.2 Å². The Morgan fingerprint density at radius 2 is 1.96 bits per heavy atom. The monoisotopic (exact) mass is 327 g/mol. The first-order valence-corrected chi connectivity index (χ1v) is 8.17. The number of hydrogen-bond donors (Lipinski definition) is 1. The molecule has 0 saturated carbocycles. The fourth-order valence-electron chi connectivity index (χ4n) is 3.02. The quantitative estimate of drug-likeness (QED) is 0.772. The molecule has 5 heteroatoms. The number of hydrogen-bond acceptors (Lipinski definition) is 3. The smallest absolute Gasteiger partial charge is 0.138 e. The van der Waals surface area contributed by atoms with Crippen molar-refractivity contribution in [3.63, 3.8) is 0 Å². The number of morpholine rings is 1. The van der Waals surface area contributed by atoms with Crippen molar-refractivity contribution in [1.82, 2.24) is 9.97 Å². The van der Waals surface area contributed by atoms with Gasteiger partial charge in [0.2, 0.25) is 0 Å². The average Bonchev–Trinajstić information content (AvgIpc) is 2.99. The minimum absolute atomic E-state index is 0.714. The van der Waals surface area contributed by atoms with E-state index < -0.39 is 0 Å². The van der Waals surface area contributed by atoms with Crippen LogP contribution in [0.25, 0.3) is 22.4 Å². The maximum absolute atomic E-state index is 6.06. The summed E-state index contributed by atoms with van der Waals surface area (Å²) in [6.07, 6.45) is 0. The number of fused-ring (bicyclic) bond motifs is 1. The molecule has 0 bridgehead atoms. The van der Waals surface area contributed by atoms with Gasteiger partial charge < -0.3 is 14.6 Å². The van der Waals surface area contributed by atoms with E-state index in [9.17, 15) is 0 Å². The molecule has 1 aliphatic rings. The molecule has 1 N–H and O–H groups in total. The molecule has 4 nitrogen and oxygen atoms in total. The molecule has 2 aromatic carbocycles. The van der Waals surface area contributed by atoms with Gasteiger partial charge in [0.25, 0.3) is 0 Å². The number of rotatable bonds is 2. The second-order valence-electron chi connectivity index (χ2n) is 5.85. The van der Waals surface area contributed by atoms with Crippen molar-refractivity contribution in [2.24, 2.45) is 0 Å². The van der Waals surface area contributed by atoms with Crippen LogP contribution in [-0.4, -0.2) is 36.3 Å². The Bertz CT molecular complexity index is 853. The Balaban J connectivity index is 1.75. The molecule has 0 spiro atoms. The van der Waals surface area contributed by atoms with E-state index in [0.29, 0.717) is 5.02 Å². The van der Waals surface area contributed by atoms with Crippen LogP contribution in [0.4, 0.5) is 5.69 Å². The van der Waals surface area contributed by atoms with Gasteiger partial charge in [-0.25, -0.2) is 4.98 Å². The second-order valence-corrected chi connectivity index (χ2v) is 6.28. The number of benzene rings is 2. The van der Waals surface area contributed by atoms with Crippen LogP contribution in [0.2, 0.25) is 5.02 Å². The summed E-state index contributed by atoms with van der Waals surface area (Å²) in [5.41, 5.74) is 5.50. The highest BCUT2D eigenvalue weighted by molar-refractivity contribution is 6.31. The molecule has 0 aliphatic carbocycles. The van der Waals surface area contributed by atoms with Crippen LogP contribution >= 0.6 is 11.6 Å². The third-order valence-corrected chi connectivity index (χ3v) is 4.51. The number of anilines is 1. The van der Waals surface area contributed by atoms with E-state index in [2.05, 4.69) is 40.0 Å². The van der Waals surface area contributed by atoms with Gasteiger partial charge in [-0.3, -0.25) is 0 Å². The van der Waals surface area contributed by atoms with Gasteiger partial charge in [-0.1, -0.05) is 23.7 Å². The summed E-state index contributed by atoms with van der Waals surface area (Å²) < 4.78 is 5.45. The van der Waals surface area contributed by atoms with Crippen LogP contribution < -0.4 is 4.90 Å². The van der Waals surface area contributed by atoms with E-state index in [4.69, 9.17) is 16.3 Å². The van der Waals surface area contributed by atoms with Crippen molar-refractivity contribution in [2.75, 3.05) is 31.2 Å². The van der Waals surface area contributed by atoms with Gasteiger partial charge in [0.05, 0.1) is 24.2 Å². The topological polar surface area (TPSA) is 41.2 Å². The van der Waals surface area contributed by atoms with Crippen LogP contribution in [0.15, 0.2) is 36.4 Å². The van der Waals surface area contributed by atoms with Crippen LogP contribution in [0.1, 0.15) is 5.56 Å². The predicted octanol–water partition coefficient (Wildman–Crippen LogP) is 4.03. The lowest BCUT2D eigenvalue weighted by atomic mass is 10.1. The second kappa shape index (κ2) is 5.87. The summed E-state index contributed by atoms with van der Waals surface area (Å²) in [7, 11) is 0. The van der Waals surface area contributed by atoms with E-state index in [0.717, 1.165) is 48.7 Å². The summed E-state index contributed by atoms with van der Waals surface area (Å²) in [6, 6.07) is 12.2. The molecule has 0 radical (unpaired) electrons. The largest absolute Gasteiger partial charge is 0.378 e. The standard InChI is InChI=1S/C18H18ClN3O/c1-12-2-3-13(10-17(12)22-6-8-23-9-7-22)18-20-15-5-4-14(19)11-16(15)21-18/h2-5,10-11H,6-9H2,1H3,(H,20,21). The fraction of sp³-hybridized carbons (Fsp3) is 0.278. The van der Waals surface area contributed by atoms with Gasteiger partial charge in [-0.15, -0.1) is 0 Å². The lowest BCUT2D eigenvalue weighted by molar-refractivity contribution is 0.122. The molecule has 3 aromatic rings. The zero-order valence-electron chi connectivity index (χ0n) is 13.0. The molecule has 1 fully saturated rings. The summed E-state index contributed by atoms with van der Waals surface area (Å²) in [5.74, 6) is 0.872. The van der Waals surface area contributed by atoms with Gasteiger partial charge in [-0.05, 0) is 36.8 Å². The highest BCUT2D eigenvalue weighted by Crippen LogP contribution is 2.29. The number of halogens is 1. The van der Waals surface area contributed by atoms with E-state index >= 15 is 0 Å². The molecule has 0 atom stereocenters. The molecule has 4 rings (SSSR count). The van der Waals surface area contributed by atoms with E-state index in [1.165, 1.54) is 11.3 Å². The normalized spacial score (nSPS) is 15.3. The molecule has 1 saturated heterocycles. The SMILES string of the molecule is Cc1ccc(-c2nc3ccc(Cl)cc3[nH]2)cc1N1CCOCC1. The molecule has 23 heavy (non-hydrogen) atoms. The predicted molar refractivity (Wildman–Crippen MR) is 94.3 cm³/mol. The number of nitrogens with zero attached hydrogens (tertiary/aromatic N) is 2. The van der Waals surface area contributed by atoms with Crippen molar-refractivity contribution >= 4 is 28.3 Å². The fourth-order valence-corrected chi connectivity index (χ4v) is 3.19. The summed E-state index contributed by atoms with van der Waals surface area (Å²) in [4.78, 5) is 10.4. The number of H-pyrrole nitrogens is 1. The summed E-state index contributed by atoms with van der Waals surface area (Å²) in [6.45, 7) is 5.58. The highest BCUT2D eigenvalue weighted by Gasteiger charge is 2.15. The lowest BCUT2D eigenvalue weighted by Crippen LogP contribution is -2.36. The number of aromatic amines is 1. The average molecular weight is 328 g/mol. The maximum atomic E-state index is 6.06. The Hall–Kier alpha value is -2.04. The minimum atomic E-state index is 0.714. The van der Waals surface area contributed by atoms with Gasteiger partial charge in [0.15, 0.2) is 0 Å². The highest BCUT2D eigenvalue weighted by atomic mass is 35.5. The molecule has 0 unspecified atom stereocenters. The zero-order chi connectivity index (χ0) is 15.8. The number of ether oxygens (including phenoxy) is 1. The Morgan fingerprint density at radius 3 is 2.78 bits per heavy atom. The van der Waals surface area contributed by atoms with Crippen LogP contribution in [-0.2, 0) is 4.74 Å². The number of aromatic nitrogens is 2. The minimum Gasteiger partial charge on any atom is -0.378 e. The molecular formula is C18H18ClN3O. The molecule has 0 amide bonds. The third-order valence-electron chi connectivity index (χ3n) is 4.28. The Morgan fingerprint density at radius 1 is 1.13 bits per heavy atom. The lowest BCUT2D eigenvalue weighted by Gasteiger charge is -2.30. The van der Waals surface area contributed by atoms with Crippen molar-refractivity contribution in [2.45, 2.75) is 6.92 Å². The van der Waals surface area contributed by atoms with Gasteiger partial charge in [0, 0.05) is 29.4 Å².